The Bertz CT molecular complexity index is 1140. The monoisotopic (exact) mass is 465 g/mol. The standard InChI is InChI=1S/C21H27N3O5S2/c1-17-5-11-20(12-6-17)31(28,29)22(2)19-9-7-18(8-10-19)21(25)23-13-4-14-24(16-15-23)30(3,26)27/h5-12H,4,13-16H2,1-3H3. The molecule has 2 aromatic carbocycles. The Balaban J connectivity index is 1.73. The van der Waals surface area contributed by atoms with Crippen molar-refractivity contribution in [1.82, 2.24) is 9.21 Å². The fourth-order valence-corrected chi connectivity index (χ4v) is 5.50. The van der Waals surface area contributed by atoms with E-state index in [0.29, 0.717) is 37.3 Å². The molecule has 0 aliphatic carbocycles. The molecular formula is C21H27N3O5S2. The van der Waals surface area contributed by atoms with Gasteiger partial charge in [0, 0.05) is 38.8 Å². The third-order valence-electron chi connectivity index (χ3n) is 5.37. The predicted octanol–water partition coefficient (Wildman–Crippen LogP) is 1.93. The summed E-state index contributed by atoms with van der Waals surface area (Å²) in [5.74, 6) is -0.203. The van der Waals surface area contributed by atoms with Crippen LogP contribution in [0, 0.1) is 6.92 Å². The zero-order valence-electron chi connectivity index (χ0n) is 17.9. The van der Waals surface area contributed by atoms with Crippen LogP contribution < -0.4 is 4.31 Å². The van der Waals surface area contributed by atoms with Crippen molar-refractivity contribution in [2.45, 2.75) is 18.2 Å². The molecule has 0 saturated carbocycles. The van der Waals surface area contributed by atoms with E-state index < -0.39 is 20.0 Å². The van der Waals surface area contributed by atoms with E-state index in [0.717, 1.165) is 5.56 Å². The van der Waals surface area contributed by atoms with Gasteiger partial charge in [0.05, 0.1) is 16.8 Å². The lowest BCUT2D eigenvalue weighted by Gasteiger charge is -2.22. The Labute approximate surface area is 184 Å². The fourth-order valence-electron chi connectivity index (χ4n) is 3.43. The van der Waals surface area contributed by atoms with Crippen LogP contribution >= 0.6 is 0 Å². The summed E-state index contributed by atoms with van der Waals surface area (Å²) in [6.07, 6.45) is 1.73. The molecule has 0 spiro atoms. The molecule has 1 aliphatic heterocycles. The normalized spacial score (nSPS) is 16.0. The van der Waals surface area contributed by atoms with Crippen molar-refractivity contribution in [1.29, 1.82) is 0 Å². The number of aryl methyl sites for hydroxylation is 1. The molecule has 2 aromatic rings. The lowest BCUT2D eigenvalue weighted by atomic mass is 10.1. The molecule has 0 radical (unpaired) electrons. The number of carbonyl (C=O) groups is 1. The molecule has 168 valence electrons. The van der Waals surface area contributed by atoms with Crippen molar-refractivity contribution in [3.63, 3.8) is 0 Å². The highest BCUT2D eigenvalue weighted by Crippen LogP contribution is 2.23. The first-order valence-corrected chi connectivity index (χ1v) is 13.2. The van der Waals surface area contributed by atoms with E-state index in [4.69, 9.17) is 0 Å². The maximum Gasteiger partial charge on any atom is 0.264 e. The molecule has 10 heteroatoms. The number of carbonyl (C=O) groups excluding carboxylic acids is 1. The van der Waals surface area contributed by atoms with Crippen molar-refractivity contribution in [2.24, 2.45) is 0 Å². The van der Waals surface area contributed by atoms with E-state index in [1.165, 1.54) is 21.9 Å². The van der Waals surface area contributed by atoms with Crippen LogP contribution in [-0.4, -0.2) is 71.4 Å². The first-order valence-electron chi connectivity index (χ1n) is 9.90. The smallest absolute Gasteiger partial charge is 0.264 e. The average Bonchev–Trinajstić information content (AvgIpc) is 2.99. The zero-order chi connectivity index (χ0) is 22.8. The number of benzene rings is 2. The van der Waals surface area contributed by atoms with Gasteiger partial charge in [-0.15, -0.1) is 0 Å². The molecular weight excluding hydrogens is 438 g/mol. The number of amides is 1. The highest BCUT2D eigenvalue weighted by atomic mass is 32.2. The van der Waals surface area contributed by atoms with Crippen LogP contribution in [0.1, 0.15) is 22.3 Å². The summed E-state index contributed by atoms with van der Waals surface area (Å²) in [4.78, 5) is 14.7. The third kappa shape index (κ3) is 5.25. The van der Waals surface area contributed by atoms with Crippen LogP contribution in [-0.2, 0) is 20.0 Å². The Morgan fingerprint density at radius 1 is 0.871 bits per heavy atom. The van der Waals surface area contributed by atoms with Gasteiger partial charge in [-0.2, -0.15) is 0 Å². The summed E-state index contributed by atoms with van der Waals surface area (Å²) >= 11 is 0. The second-order valence-corrected chi connectivity index (χ2v) is 11.6. The molecule has 0 atom stereocenters. The van der Waals surface area contributed by atoms with Gasteiger partial charge >= 0.3 is 0 Å². The summed E-state index contributed by atoms with van der Waals surface area (Å²) in [7, 11) is -5.52. The maximum absolute atomic E-state index is 12.9. The fraction of sp³-hybridized carbons (Fsp3) is 0.381. The van der Waals surface area contributed by atoms with Crippen LogP contribution in [0.4, 0.5) is 5.69 Å². The number of rotatable bonds is 5. The molecule has 1 heterocycles. The number of hydrogen-bond acceptors (Lipinski definition) is 5. The van der Waals surface area contributed by atoms with Gasteiger partial charge in [0.25, 0.3) is 15.9 Å². The van der Waals surface area contributed by atoms with Gasteiger partial charge in [0.15, 0.2) is 0 Å². The van der Waals surface area contributed by atoms with Crippen molar-refractivity contribution >= 4 is 31.6 Å². The molecule has 1 saturated heterocycles. The summed E-state index contributed by atoms with van der Waals surface area (Å²) in [6.45, 7) is 3.33. The van der Waals surface area contributed by atoms with E-state index in [1.807, 2.05) is 6.92 Å². The topological polar surface area (TPSA) is 95.1 Å². The largest absolute Gasteiger partial charge is 0.337 e. The first-order chi connectivity index (χ1) is 14.5. The molecule has 0 unspecified atom stereocenters. The second kappa shape index (κ2) is 8.97. The Hall–Kier alpha value is -2.43. The Morgan fingerprint density at radius 2 is 1.48 bits per heavy atom. The predicted molar refractivity (Wildman–Crippen MR) is 120 cm³/mol. The van der Waals surface area contributed by atoms with Gasteiger partial charge in [-0.05, 0) is 49.7 Å². The van der Waals surface area contributed by atoms with Crippen LogP contribution in [0.3, 0.4) is 0 Å². The SMILES string of the molecule is Cc1ccc(S(=O)(=O)N(C)c2ccc(C(=O)N3CCCN(S(C)(=O)=O)CC3)cc2)cc1. The highest BCUT2D eigenvalue weighted by molar-refractivity contribution is 7.92. The lowest BCUT2D eigenvalue weighted by molar-refractivity contribution is 0.0764. The Morgan fingerprint density at radius 3 is 2.06 bits per heavy atom. The molecule has 1 amide bonds. The zero-order valence-corrected chi connectivity index (χ0v) is 19.5. The number of anilines is 1. The van der Waals surface area contributed by atoms with Crippen molar-refractivity contribution < 1.29 is 21.6 Å². The molecule has 1 fully saturated rings. The van der Waals surface area contributed by atoms with Crippen LogP contribution in [0.25, 0.3) is 0 Å². The Kier molecular flexibility index (Phi) is 6.73. The summed E-state index contributed by atoms with van der Waals surface area (Å²) in [6, 6.07) is 13.0. The van der Waals surface area contributed by atoms with Gasteiger partial charge in [0.1, 0.15) is 0 Å². The second-order valence-electron chi connectivity index (χ2n) is 7.64. The lowest BCUT2D eigenvalue weighted by Crippen LogP contribution is -2.37. The molecule has 0 N–H and O–H groups in total. The van der Waals surface area contributed by atoms with Gasteiger partial charge < -0.3 is 4.90 Å². The molecule has 0 aromatic heterocycles. The van der Waals surface area contributed by atoms with Gasteiger partial charge in [0.2, 0.25) is 10.0 Å². The molecule has 1 aliphatic rings. The molecule has 3 rings (SSSR count). The molecule has 31 heavy (non-hydrogen) atoms. The minimum absolute atomic E-state index is 0.195. The van der Waals surface area contributed by atoms with Gasteiger partial charge in [-0.25, -0.2) is 21.1 Å². The van der Waals surface area contributed by atoms with E-state index in [9.17, 15) is 21.6 Å². The summed E-state index contributed by atoms with van der Waals surface area (Å²) < 4.78 is 51.8. The minimum atomic E-state index is -3.71. The molecule has 0 bridgehead atoms. The van der Waals surface area contributed by atoms with Crippen LogP contribution in [0.15, 0.2) is 53.4 Å². The summed E-state index contributed by atoms with van der Waals surface area (Å²) in [5.41, 5.74) is 1.84. The van der Waals surface area contributed by atoms with Crippen molar-refractivity contribution in [2.75, 3.05) is 43.8 Å². The van der Waals surface area contributed by atoms with E-state index in [1.54, 1.807) is 53.4 Å². The van der Waals surface area contributed by atoms with Crippen LogP contribution in [0.5, 0.6) is 0 Å². The van der Waals surface area contributed by atoms with Crippen molar-refractivity contribution in [3.8, 4) is 0 Å². The number of sulfonamides is 2. The quantitative estimate of drug-likeness (QED) is 0.672. The average molecular weight is 466 g/mol. The maximum atomic E-state index is 12.9. The number of nitrogens with zero attached hydrogens (tertiary/aromatic N) is 3. The minimum Gasteiger partial charge on any atom is -0.337 e. The van der Waals surface area contributed by atoms with Gasteiger partial charge in [-0.1, -0.05) is 17.7 Å². The van der Waals surface area contributed by atoms with E-state index in [2.05, 4.69) is 0 Å². The van der Waals surface area contributed by atoms with E-state index in [-0.39, 0.29) is 17.3 Å². The van der Waals surface area contributed by atoms with E-state index >= 15 is 0 Å². The summed E-state index contributed by atoms with van der Waals surface area (Å²) in [5, 5.41) is 0. The number of hydrogen-bond donors (Lipinski definition) is 0. The van der Waals surface area contributed by atoms with Crippen molar-refractivity contribution in [3.05, 3.63) is 59.7 Å². The third-order valence-corrected chi connectivity index (χ3v) is 8.47. The van der Waals surface area contributed by atoms with Crippen LogP contribution in [0.2, 0.25) is 0 Å². The first kappa shape index (κ1) is 23.2. The molecule has 8 nitrogen and oxygen atoms in total. The van der Waals surface area contributed by atoms with Gasteiger partial charge in [-0.3, -0.25) is 9.10 Å². The highest BCUT2D eigenvalue weighted by Gasteiger charge is 2.25.